The molecule has 7 heteroatoms. The molecule has 0 saturated heterocycles. The van der Waals surface area contributed by atoms with Crippen molar-refractivity contribution < 1.29 is 4.79 Å². The van der Waals surface area contributed by atoms with Gasteiger partial charge in [0.1, 0.15) is 0 Å². The van der Waals surface area contributed by atoms with Crippen LogP contribution in [-0.2, 0) is 13.5 Å². The van der Waals surface area contributed by atoms with Gasteiger partial charge in [0.2, 0.25) is 0 Å². The van der Waals surface area contributed by atoms with E-state index in [1.165, 1.54) is 0 Å². The Hall–Kier alpha value is -4.26. The van der Waals surface area contributed by atoms with E-state index in [0.29, 0.717) is 17.8 Å². The van der Waals surface area contributed by atoms with Crippen LogP contribution in [0.15, 0.2) is 79.1 Å². The number of benzene rings is 2. The average Bonchev–Trinajstić information content (AvgIpc) is 3.48. The maximum absolute atomic E-state index is 13.2. The summed E-state index contributed by atoms with van der Waals surface area (Å²) in [6, 6.07) is 21.8. The third-order valence-electron chi connectivity index (χ3n) is 5.69. The van der Waals surface area contributed by atoms with Crippen molar-refractivity contribution in [2.45, 2.75) is 13.3 Å². The highest BCUT2D eigenvalue weighted by Gasteiger charge is 2.19. The first-order valence-corrected chi connectivity index (χ1v) is 10.9. The molecule has 5 aromatic rings. The van der Waals surface area contributed by atoms with Crippen molar-refractivity contribution in [3.05, 3.63) is 95.9 Å². The van der Waals surface area contributed by atoms with Gasteiger partial charge in [-0.25, -0.2) is 9.67 Å². The van der Waals surface area contributed by atoms with Gasteiger partial charge >= 0.3 is 0 Å². The lowest BCUT2D eigenvalue weighted by molar-refractivity contribution is 0.0955. The van der Waals surface area contributed by atoms with Gasteiger partial charge in [-0.1, -0.05) is 42.5 Å². The van der Waals surface area contributed by atoms with E-state index in [0.717, 1.165) is 40.0 Å². The van der Waals surface area contributed by atoms with E-state index in [1.807, 2.05) is 79.4 Å². The molecule has 0 fully saturated rings. The number of aromatic nitrogens is 5. The van der Waals surface area contributed by atoms with Crippen LogP contribution in [0.4, 0.5) is 0 Å². The summed E-state index contributed by atoms with van der Waals surface area (Å²) in [6.07, 6.45) is 4.40. The first-order chi connectivity index (χ1) is 16.1. The number of fused-ring (bicyclic) bond motifs is 1. The molecule has 7 nitrogen and oxygen atoms in total. The summed E-state index contributed by atoms with van der Waals surface area (Å²) in [6.45, 7) is 2.44. The molecule has 0 aliphatic carbocycles. The number of nitrogens with one attached hydrogen (secondary N) is 1. The number of nitrogens with zero attached hydrogens (tertiary/aromatic N) is 5. The molecule has 0 aliphatic heterocycles. The van der Waals surface area contributed by atoms with Crippen LogP contribution in [0.25, 0.3) is 28.0 Å². The molecule has 164 valence electrons. The summed E-state index contributed by atoms with van der Waals surface area (Å²) in [5, 5.41) is 12.6. The molecule has 0 bridgehead atoms. The summed E-state index contributed by atoms with van der Waals surface area (Å²) >= 11 is 0. The van der Waals surface area contributed by atoms with Crippen LogP contribution < -0.4 is 5.32 Å². The van der Waals surface area contributed by atoms with Crippen LogP contribution in [-0.4, -0.2) is 37.0 Å². The summed E-state index contributed by atoms with van der Waals surface area (Å²) in [5.41, 5.74) is 5.96. The Bertz CT molecular complexity index is 1400. The normalized spacial score (nSPS) is 11.1. The highest BCUT2D eigenvalue weighted by Crippen LogP contribution is 2.26. The van der Waals surface area contributed by atoms with E-state index >= 15 is 0 Å². The number of carbonyl (C=O) groups is 1. The summed E-state index contributed by atoms with van der Waals surface area (Å²) in [4.78, 5) is 18.0. The second-order valence-corrected chi connectivity index (χ2v) is 7.95. The van der Waals surface area contributed by atoms with E-state index in [9.17, 15) is 4.79 Å². The smallest absolute Gasteiger partial charge is 0.252 e. The Morgan fingerprint density at radius 1 is 1.03 bits per heavy atom. The number of aryl methyl sites for hydroxylation is 2. The lowest BCUT2D eigenvalue weighted by Crippen LogP contribution is -2.26. The van der Waals surface area contributed by atoms with Crippen molar-refractivity contribution in [3.8, 4) is 16.9 Å². The molecule has 0 unspecified atom stereocenters. The van der Waals surface area contributed by atoms with Gasteiger partial charge in [0.15, 0.2) is 5.65 Å². The molecule has 2 aromatic carbocycles. The van der Waals surface area contributed by atoms with E-state index in [4.69, 9.17) is 4.98 Å². The van der Waals surface area contributed by atoms with Crippen molar-refractivity contribution in [2.75, 3.05) is 6.54 Å². The third kappa shape index (κ3) is 4.13. The fourth-order valence-corrected chi connectivity index (χ4v) is 4.03. The first kappa shape index (κ1) is 20.6. The highest BCUT2D eigenvalue weighted by molar-refractivity contribution is 6.07. The standard InChI is InChI=1S/C26H24N6O/c1-18-24-22(17-23(20-7-4-3-5-8-20)29-25(24)31(2)30-18)26(33)27-15-13-19-9-11-21(12-10-19)32-16-6-14-28-32/h3-12,14,16-17H,13,15H2,1-2H3,(H,27,33). The van der Waals surface area contributed by atoms with Gasteiger partial charge in [0.05, 0.1) is 28.0 Å². The monoisotopic (exact) mass is 436 g/mol. The second-order valence-electron chi connectivity index (χ2n) is 7.95. The number of amides is 1. The quantitative estimate of drug-likeness (QED) is 0.435. The zero-order valence-electron chi connectivity index (χ0n) is 18.6. The summed E-state index contributed by atoms with van der Waals surface area (Å²) < 4.78 is 3.55. The Morgan fingerprint density at radius 3 is 2.55 bits per heavy atom. The molecular weight excluding hydrogens is 412 g/mol. The van der Waals surface area contributed by atoms with Crippen LogP contribution in [0.2, 0.25) is 0 Å². The Morgan fingerprint density at radius 2 is 1.82 bits per heavy atom. The maximum Gasteiger partial charge on any atom is 0.252 e. The molecule has 1 N–H and O–H groups in total. The van der Waals surface area contributed by atoms with Crippen LogP contribution in [0, 0.1) is 6.92 Å². The Balaban J connectivity index is 1.36. The fraction of sp³-hybridized carbons (Fsp3) is 0.154. The van der Waals surface area contributed by atoms with Gasteiger partial charge in [-0.3, -0.25) is 9.48 Å². The molecule has 0 radical (unpaired) electrons. The second kappa shape index (κ2) is 8.70. The predicted molar refractivity (Wildman–Crippen MR) is 128 cm³/mol. The number of carbonyl (C=O) groups excluding carboxylic acids is 1. The molecule has 1 amide bonds. The number of hydrogen-bond donors (Lipinski definition) is 1. The predicted octanol–water partition coefficient (Wildman–Crippen LogP) is 4.10. The minimum absolute atomic E-state index is 0.121. The van der Waals surface area contributed by atoms with E-state index in [1.54, 1.807) is 10.9 Å². The molecule has 33 heavy (non-hydrogen) atoms. The Kier molecular flexibility index (Phi) is 5.44. The van der Waals surface area contributed by atoms with E-state index < -0.39 is 0 Å². The van der Waals surface area contributed by atoms with Crippen LogP contribution in [0.1, 0.15) is 21.6 Å². The van der Waals surface area contributed by atoms with Crippen molar-refractivity contribution in [1.82, 2.24) is 29.9 Å². The minimum Gasteiger partial charge on any atom is -0.352 e. The highest BCUT2D eigenvalue weighted by atomic mass is 16.1. The largest absolute Gasteiger partial charge is 0.352 e. The number of pyridine rings is 1. The molecule has 0 saturated carbocycles. The molecule has 5 rings (SSSR count). The van der Waals surface area contributed by atoms with Crippen molar-refractivity contribution in [2.24, 2.45) is 7.05 Å². The lowest BCUT2D eigenvalue weighted by atomic mass is 10.0. The molecular formula is C26H24N6O. The lowest BCUT2D eigenvalue weighted by Gasteiger charge is -2.10. The molecule has 0 spiro atoms. The zero-order valence-corrected chi connectivity index (χ0v) is 18.6. The van der Waals surface area contributed by atoms with Gasteiger partial charge in [-0.15, -0.1) is 0 Å². The summed E-state index contributed by atoms with van der Waals surface area (Å²) in [7, 11) is 1.85. The van der Waals surface area contributed by atoms with Gasteiger partial charge in [-0.05, 0) is 43.2 Å². The number of rotatable bonds is 6. The SMILES string of the molecule is Cc1nn(C)c2nc(-c3ccccc3)cc(C(=O)NCCc3ccc(-n4cccn4)cc3)c12. The maximum atomic E-state index is 13.2. The van der Waals surface area contributed by atoms with Gasteiger partial charge in [0, 0.05) is 31.5 Å². The van der Waals surface area contributed by atoms with Crippen LogP contribution >= 0.6 is 0 Å². The van der Waals surface area contributed by atoms with Crippen molar-refractivity contribution in [3.63, 3.8) is 0 Å². The number of hydrogen-bond acceptors (Lipinski definition) is 4. The minimum atomic E-state index is -0.121. The van der Waals surface area contributed by atoms with Gasteiger partial charge in [0.25, 0.3) is 5.91 Å². The van der Waals surface area contributed by atoms with Crippen molar-refractivity contribution in [1.29, 1.82) is 0 Å². The van der Waals surface area contributed by atoms with E-state index in [2.05, 4.69) is 27.6 Å². The van der Waals surface area contributed by atoms with Crippen LogP contribution in [0.5, 0.6) is 0 Å². The van der Waals surface area contributed by atoms with Crippen LogP contribution in [0.3, 0.4) is 0 Å². The molecule has 0 atom stereocenters. The average molecular weight is 437 g/mol. The van der Waals surface area contributed by atoms with E-state index in [-0.39, 0.29) is 5.91 Å². The summed E-state index contributed by atoms with van der Waals surface area (Å²) in [5.74, 6) is -0.121. The molecule has 3 heterocycles. The third-order valence-corrected chi connectivity index (χ3v) is 5.69. The zero-order chi connectivity index (χ0) is 22.8. The molecule has 0 aliphatic rings. The topological polar surface area (TPSA) is 77.6 Å². The van der Waals surface area contributed by atoms with Gasteiger partial charge < -0.3 is 5.32 Å². The first-order valence-electron chi connectivity index (χ1n) is 10.9. The van der Waals surface area contributed by atoms with Gasteiger partial charge in [-0.2, -0.15) is 10.2 Å². The molecule has 3 aromatic heterocycles. The Labute approximate surface area is 191 Å². The van der Waals surface area contributed by atoms with Crippen molar-refractivity contribution >= 4 is 16.9 Å². The fourth-order valence-electron chi connectivity index (χ4n) is 4.03.